The molecule has 3 aromatic rings. The van der Waals surface area contributed by atoms with E-state index in [1.54, 1.807) is 18.5 Å². The Morgan fingerprint density at radius 3 is 2.73 bits per heavy atom. The highest BCUT2D eigenvalue weighted by Crippen LogP contribution is 2.26. The summed E-state index contributed by atoms with van der Waals surface area (Å²) in [7, 11) is 2.87. The molecular formula is C19H20FN3O3. The molecule has 0 aliphatic heterocycles. The van der Waals surface area contributed by atoms with Crippen molar-refractivity contribution >= 4 is 17.2 Å². The van der Waals surface area contributed by atoms with Crippen LogP contribution in [0.25, 0.3) is 5.65 Å². The number of fused-ring (bicyclic) bond motifs is 1. The molecule has 1 amide bonds. The van der Waals surface area contributed by atoms with E-state index in [2.05, 4.69) is 4.98 Å². The Hall–Kier alpha value is -2.93. The average Bonchev–Trinajstić information content (AvgIpc) is 3.01. The fourth-order valence-electron chi connectivity index (χ4n) is 2.84. The number of imidazole rings is 1. The summed E-state index contributed by atoms with van der Waals surface area (Å²) in [5.74, 6) is -0.695. The fraction of sp³-hybridized carbons (Fsp3) is 0.263. The van der Waals surface area contributed by atoms with Gasteiger partial charge in [-0.25, -0.2) is 9.37 Å². The molecule has 0 N–H and O–H groups in total. The molecular weight excluding hydrogens is 337 g/mol. The summed E-state index contributed by atoms with van der Waals surface area (Å²) >= 11 is 0. The second-order valence-electron chi connectivity index (χ2n) is 5.97. The largest absolute Gasteiger partial charge is 0.494 e. The Morgan fingerprint density at radius 2 is 2.04 bits per heavy atom. The highest BCUT2D eigenvalue weighted by atomic mass is 19.1. The number of methoxy groups -OCH3 is 2. The molecule has 2 aromatic heterocycles. The van der Waals surface area contributed by atoms with E-state index >= 15 is 0 Å². The van der Waals surface area contributed by atoms with Gasteiger partial charge < -0.3 is 13.9 Å². The predicted molar refractivity (Wildman–Crippen MR) is 96.3 cm³/mol. The molecule has 0 saturated carbocycles. The molecule has 7 heteroatoms. The summed E-state index contributed by atoms with van der Waals surface area (Å²) in [6, 6.07) is 6.04. The van der Waals surface area contributed by atoms with Gasteiger partial charge in [0.15, 0.2) is 11.6 Å². The van der Waals surface area contributed by atoms with Crippen molar-refractivity contribution in [3.05, 3.63) is 59.3 Å². The van der Waals surface area contributed by atoms with Crippen LogP contribution in [0, 0.1) is 19.7 Å². The molecule has 0 unspecified atom stereocenters. The predicted octanol–water partition coefficient (Wildman–Crippen LogP) is 3.35. The highest BCUT2D eigenvalue weighted by molar-refractivity contribution is 6.06. The topological polar surface area (TPSA) is 56.1 Å². The molecule has 0 radical (unpaired) electrons. The molecule has 1 aromatic carbocycles. The lowest BCUT2D eigenvalue weighted by atomic mass is 10.1. The number of amides is 1. The van der Waals surface area contributed by atoms with Crippen molar-refractivity contribution < 1.29 is 18.7 Å². The van der Waals surface area contributed by atoms with Crippen LogP contribution in [0.3, 0.4) is 0 Å². The Balaban J connectivity index is 2.05. The first-order valence-corrected chi connectivity index (χ1v) is 8.05. The molecule has 0 bridgehead atoms. The number of pyridine rings is 1. The summed E-state index contributed by atoms with van der Waals surface area (Å²) in [6.07, 6.45) is 3.50. The molecule has 0 aliphatic rings. The lowest BCUT2D eigenvalue weighted by Gasteiger charge is -2.23. The SMILES string of the molecule is COCN(C(=O)c1cc(C)c2ncc(C)n2c1)c1ccc(F)c(OC)c1. The van der Waals surface area contributed by atoms with Gasteiger partial charge in [0.1, 0.15) is 12.4 Å². The van der Waals surface area contributed by atoms with E-state index in [0.717, 1.165) is 16.9 Å². The number of halogens is 1. The Bertz CT molecular complexity index is 968. The van der Waals surface area contributed by atoms with Crippen LogP contribution < -0.4 is 9.64 Å². The number of ether oxygens (including phenoxy) is 2. The van der Waals surface area contributed by atoms with Gasteiger partial charge in [0.2, 0.25) is 0 Å². The van der Waals surface area contributed by atoms with Crippen molar-refractivity contribution in [2.75, 3.05) is 25.9 Å². The van der Waals surface area contributed by atoms with Gasteiger partial charge in [-0.2, -0.15) is 0 Å². The third-order valence-electron chi connectivity index (χ3n) is 4.17. The van der Waals surface area contributed by atoms with Crippen molar-refractivity contribution in [2.45, 2.75) is 13.8 Å². The van der Waals surface area contributed by atoms with Crippen LogP contribution in [-0.2, 0) is 4.74 Å². The van der Waals surface area contributed by atoms with Crippen molar-refractivity contribution in [1.82, 2.24) is 9.38 Å². The number of carbonyl (C=O) groups is 1. The van der Waals surface area contributed by atoms with Crippen LogP contribution >= 0.6 is 0 Å². The molecule has 0 aliphatic carbocycles. The van der Waals surface area contributed by atoms with E-state index < -0.39 is 5.82 Å². The van der Waals surface area contributed by atoms with Gasteiger partial charge in [0.05, 0.1) is 18.4 Å². The number of carbonyl (C=O) groups excluding carboxylic acids is 1. The molecule has 3 rings (SSSR count). The van der Waals surface area contributed by atoms with Crippen LogP contribution in [-0.4, -0.2) is 36.2 Å². The van der Waals surface area contributed by atoms with Crippen molar-refractivity contribution in [2.24, 2.45) is 0 Å². The van der Waals surface area contributed by atoms with E-state index in [1.807, 2.05) is 18.2 Å². The summed E-state index contributed by atoms with van der Waals surface area (Å²) in [5, 5.41) is 0. The minimum absolute atomic E-state index is 0.0214. The van der Waals surface area contributed by atoms with Gasteiger partial charge in [-0.3, -0.25) is 9.69 Å². The van der Waals surface area contributed by atoms with Gasteiger partial charge in [-0.15, -0.1) is 0 Å². The lowest BCUT2D eigenvalue weighted by Crippen LogP contribution is -2.33. The first kappa shape index (κ1) is 17.9. The zero-order valence-electron chi connectivity index (χ0n) is 15.1. The number of hydrogen-bond acceptors (Lipinski definition) is 4. The second kappa shape index (κ2) is 7.13. The third kappa shape index (κ3) is 3.13. The van der Waals surface area contributed by atoms with Gasteiger partial charge in [0.25, 0.3) is 5.91 Å². The Kier molecular flexibility index (Phi) is 4.90. The lowest BCUT2D eigenvalue weighted by molar-refractivity contribution is 0.0936. The second-order valence-corrected chi connectivity index (χ2v) is 5.97. The van der Waals surface area contributed by atoms with E-state index in [9.17, 15) is 9.18 Å². The monoisotopic (exact) mass is 357 g/mol. The Morgan fingerprint density at radius 1 is 1.27 bits per heavy atom. The van der Waals surface area contributed by atoms with Gasteiger partial charge in [-0.05, 0) is 37.6 Å². The van der Waals surface area contributed by atoms with Crippen LogP contribution in [0.1, 0.15) is 21.6 Å². The quantitative estimate of drug-likeness (QED) is 0.657. The number of benzene rings is 1. The molecule has 0 saturated heterocycles. The number of anilines is 1. The summed E-state index contributed by atoms with van der Waals surface area (Å²) < 4.78 is 25.8. The minimum atomic E-state index is -0.493. The summed E-state index contributed by atoms with van der Waals surface area (Å²) in [4.78, 5) is 18.9. The molecule has 0 fully saturated rings. The average molecular weight is 357 g/mol. The molecule has 26 heavy (non-hydrogen) atoms. The zero-order chi connectivity index (χ0) is 18.8. The normalized spacial score (nSPS) is 11.0. The molecule has 136 valence electrons. The molecule has 6 nitrogen and oxygen atoms in total. The summed E-state index contributed by atoms with van der Waals surface area (Å²) in [6.45, 7) is 3.85. The van der Waals surface area contributed by atoms with Gasteiger partial charge in [0, 0.05) is 31.3 Å². The maximum atomic E-state index is 13.7. The molecule has 0 spiro atoms. The van der Waals surface area contributed by atoms with E-state index in [4.69, 9.17) is 9.47 Å². The van der Waals surface area contributed by atoms with Gasteiger partial charge >= 0.3 is 0 Å². The fourth-order valence-corrected chi connectivity index (χ4v) is 2.84. The number of aryl methyl sites for hydroxylation is 2. The molecule has 0 atom stereocenters. The van der Waals surface area contributed by atoms with Crippen LogP contribution in [0.15, 0.2) is 36.7 Å². The van der Waals surface area contributed by atoms with E-state index in [-0.39, 0.29) is 18.4 Å². The minimum Gasteiger partial charge on any atom is -0.494 e. The number of rotatable bonds is 5. The summed E-state index contributed by atoms with van der Waals surface area (Å²) in [5.41, 5.74) is 3.59. The van der Waals surface area contributed by atoms with Crippen molar-refractivity contribution in [3.8, 4) is 5.75 Å². The van der Waals surface area contributed by atoms with Crippen LogP contribution in [0.4, 0.5) is 10.1 Å². The highest BCUT2D eigenvalue weighted by Gasteiger charge is 2.21. The van der Waals surface area contributed by atoms with Crippen molar-refractivity contribution in [1.29, 1.82) is 0 Å². The maximum absolute atomic E-state index is 13.7. The number of nitrogens with zero attached hydrogens (tertiary/aromatic N) is 3. The van der Waals surface area contributed by atoms with Crippen LogP contribution in [0.2, 0.25) is 0 Å². The van der Waals surface area contributed by atoms with Crippen LogP contribution in [0.5, 0.6) is 5.75 Å². The number of hydrogen-bond donors (Lipinski definition) is 0. The van der Waals surface area contributed by atoms with Gasteiger partial charge in [-0.1, -0.05) is 0 Å². The molecule has 2 heterocycles. The zero-order valence-corrected chi connectivity index (χ0v) is 15.1. The number of aromatic nitrogens is 2. The third-order valence-corrected chi connectivity index (χ3v) is 4.17. The first-order chi connectivity index (χ1) is 12.5. The van der Waals surface area contributed by atoms with E-state index in [0.29, 0.717) is 11.3 Å². The van der Waals surface area contributed by atoms with Crippen molar-refractivity contribution in [3.63, 3.8) is 0 Å². The first-order valence-electron chi connectivity index (χ1n) is 8.05. The smallest absolute Gasteiger partial charge is 0.261 e. The maximum Gasteiger partial charge on any atom is 0.261 e. The Labute approximate surface area is 150 Å². The van der Waals surface area contributed by atoms with E-state index in [1.165, 1.54) is 37.3 Å². The standard InChI is InChI=1S/C19H20FN3O3/c1-12-7-14(10-22-13(2)9-21-18(12)22)19(24)23(11-25-3)15-5-6-16(20)17(8-15)26-4/h5-10H,11H2,1-4H3.